The highest BCUT2D eigenvalue weighted by atomic mass is 16.4. The minimum absolute atomic E-state index is 0.124. The summed E-state index contributed by atoms with van der Waals surface area (Å²) in [5.74, 6) is -0.0472. The van der Waals surface area contributed by atoms with Gasteiger partial charge in [0, 0.05) is 12.1 Å². The molecular weight excluding hydrogens is 260 g/mol. The van der Waals surface area contributed by atoms with Crippen LogP contribution >= 0.6 is 0 Å². The number of benzene rings is 1. The average molecular weight is 274 g/mol. The van der Waals surface area contributed by atoms with Gasteiger partial charge in [-0.1, -0.05) is 17.3 Å². The van der Waals surface area contributed by atoms with E-state index in [-0.39, 0.29) is 17.5 Å². The number of rotatable bonds is 4. The molecule has 0 aliphatic carbocycles. The molecule has 7 heteroatoms. The molecule has 1 heterocycles. The van der Waals surface area contributed by atoms with E-state index in [9.17, 15) is 4.79 Å². The summed E-state index contributed by atoms with van der Waals surface area (Å²) >= 11 is 0. The van der Waals surface area contributed by atoms with Crippen LogP contribution in [0, 0.1) is 6.92 Å². The number of aryl methyl sites for hydroxylation is 1. The lowest BCUT2D eigenvalue weighted by molar-refractivity contribution is 0.0996. The number of aromatic nitrogens is 1. The highest BCUT2D eigenvalue weighted by Crippen LogP contribution is 2.13. The van der Waals surface area contributed by atoms with E-state index in [2.05, 4.69) is 15.5 Å². The van der Waals surface area contributed by atoms with Crippen molar-refractivity contribution in [1.29, 1.82) is 0 Å². The number of anilines is 1. The zero-order valence-corrected chi connectivity index (χ0v) is 10.8. The minimum atomic E-state index is -0.357. The third kappa shape index (κ3) is 3.14. The van der Waals surface area contributed by atoms with Crippen molar-refractivity contribution >= 4 is 17.4 Å². The van der Waals surface area contributed by atoms with Crippen molar-refractivity contribution in [3.63, 3.8) is 0 Å². The molecule has 0 saturated carbocycles. The summed E-state index contributed by atoms with van der Waals surface area (Å²) in [6.45, 7) is 1.69. The van der Waals surface area contributed by atoms with E-state index in [0.29, 0.717) is 17.8 Å². The molecule has 104 valence electrons. The van der Waals surface area contributed by atoms with Gasteiger partial charge in [0.25, 0.3) is 5.91 Å². The Kier molecular flexibility index (Phi) is 3.99. The minimum Gasteiger partial charge on any atom is -0.438 e. The SMILES string of the molecule is Cc1ncoc1C(=O)Nc1ccc(C/C(N)=N/O)cc1. The highest BCUT2D eigenvalue weighted by molar-refractivity contribution is 6.02. The van der Waals surface area contributed by atoms with Crippen LogP contribution in [0.2, 0.25) is 0 Å². The third-order valence-corrected chi connectivity index (χ3v) is 2.68. The molecule has 20 heavy (non-hydrogen) atoms. The number of amidine groups is 1. The molecule has 0 radical (unpaired) electrons. The van der Waals surface area contributed by atoms with Crippen LogP contribution in [0.5, 0.6) is 0 Å². The number of nitrogens with one attached hydrogen (secondary N) is 1. The lowest BCUT2D eigenvalue weighted by Gasteiger charge is -2.05. The van der Waals surface area contributed by atoms with Crippen molar-refractivity contribution in [2.75, 3.05) is 5.32 Å². The second-order valence-electron chi connectivity index (χ2n) is 4.19. The van der Waals surface area contributed by atoms with Gasteiger partial charge in [0.05, 0.1) is 5.69 Å². The summed E-state index contributed by atoms with van der Waals surface area (Å²) in [5, 5.41) is 14.1. The lowest BCUT2D eigenvalue weighted by atomic mass is 10.1. The van der Waals surface area contributed by atoms with E-state index >= 15 is 0 Å². The molecule has 2 rings (SSSR count). The molecule has 4 N–H and O–H groups in total. The molecule has 0 bridgehead atoms. The van der Waals surface area contributed by atoms with Gasteiger partial charge in [0.2, 0.25) is 5.76 Å². The molecule has 0 aliphatic rings. The average Bonchev–Trinajstić information content (AvgIpc) is 2.87. The van der Waals surface area contributed by atoms with E-state index in [1.807, 2.05) is 0 Å². The number of amides is 1. The molecular formula is C13H14N4O3. The molecule has 0 unspecified atom stereocenters. The first-order chi connectivity index (χ1) is 9.60. The largest absolute Gasteiger partial charge is 0.438 e. The van der Waals surface area contributed by atoms with Crippen molar-refractivity contribution in [2.45, 2.75) is 13.3 Å². The van der Waals surface area contributed by atoms with Gasteiger partial charge in [0.15, 0.2) is 6.39 Å². The Balaban J connectivity index is 2.04. The van der Waals surface area contributed by atoms with Crippen LogP contribution in [0.4, 0.5) is 5.69 Å². The van der Waals surface area contributed by atoms with Gasteiger partial charge in [-0.3, -0.25) is 4.79 Å². The predicted octanol–water partition coefficient (Wildman–Crippen LogP) is 1.52. The third-order valence-electron chi connectivity index (χ3n) is 2.68. The van der Waals surface area contributed by atoms with E-state index in [4.69, 9.17) is 15.4 Å². The molecule has 0 spiro atoms. The number of nitrogens with two attached hydrogens (primary N) is 1. The fraction of sp³-hybridized carbons (Fsp3) is 0.154. The van der Waals surface area contributed by atoms with Crippen LogP contribution in [-0.2, 0) is 6.42 Å². The monoisotopic (exact) mass is 274 g/mol. The molecule has 0 saturated heterocycles. The van der Waals surface area contributed by atoms with Crippen molar-refractivity contribution in [2.24, 2.45) is 10.9 Å². The van der Waals surface area contributed by atoms with Crippen molar-refractivity contribution in [1.82, 2.24) is 4.98 Å². The second-order valence-corrected chi connectivity index (χ2v) is 4.19. The summed E-state index contributed by atoms with van der Waals surface area (Å²) in [6, 6.07) is 7.01. The van der Waals surface area contributed by atoms with Gasteiger partial charge in [0.1, 0.15) is 5.84 Å². The van der Waals surface area contributed by atoms with Crippen LogP contribution in [0.15, 0.2) is 40.2 Å². The van der Waals surface area contributed by atoms with Crippen LogP contribution < -0.4 is 11.1 Å². The normalized spacial score (nSPS) is 11.3. The number of hydrogen-bond donors (Lipinski definition) is 3. The second kappa shape index (κ2) is 5.87. The lowest BCUT2D eigenvalue weighted by Crippen LogP contribution is -2.15. The van der Waals surface area contributed by atoms with E-state index in [1.165, 1.54) is 6.39 Å². The first-order valence-electron chi connectivity index (χ1n) is 5.87. The maximum Gasteiger partial charge on any atom is 0.293 e. The molecule has 1 aromatic heterocycles. The van der Waals surface area contributed by atoms with E-state index in [1.54, 1.807) is 31.2 Å². The van der Waals surface area contributed by atoms with Gasteiger partial charge in [-0.15, -0.1) is 0 Å². The zero-order valence-electron chi connectivity index (χ0n) is 10.8. The number of nitrogens with zero attached hydrogens (tertiary/aromatic N) is 2. The standard InChI is InChI=1S/C13H14N4O3/c1-8-12(20-7-15-8)13(18)16-10-4-2-9(3-5-10)6-11(14)17-19/h2-5,7,19H,6H2,1H3,(H2,14,17)(H,16,18). The smallest absolute Gasteiger partial charge is 0.293 e. The van der Waals surface area contributed by atoms with Crippen molar-refractivity contribution in [3.05, 3.63) is 47.7 Å². The summed E-state index contributed by atoms with van der Waals surface area (Å²) < 4.78 is 5.01. The molecule has 0 aliphatic heterocycles. The summed E-state index contributed by atoms with van der Waals surface area (Å²) in [6.07, 6.45) is 1.57. The van der Waals surface area contributed by atoms with Gasteiger partial charge < -0.3 is 20.7 Å². The molecule has 1 amide bonds. The predicted molar refractivity (Wildman–Crippen MR) is 72.7 cm³/mol. The Morgan fingerprint density at radius 1 is 1.45 bits per heavy atom. The number of oxime groups is 1. The van der Waals surface area contributed by atoms with Gasteiger partial charge >= 0.3 is 0 Å². The fourth-order valence-electron chi connectivity index (χ4n) is 1.66. The Bertz CT molecular complexity index is 631. The zero-order chi connectivity index (χ0) is 14.5. The first kappa shape index (κ1) is 13.6. The Hall–Kier alpha value is -2.83. The number of oxazole rings is 1. The Morgan fingerprint density at radius 2 is 2.15 bits per heavy atom. The van der Waals surface area contributed by atoms with E-state index < -0.39 is 0 Å². The summed E-state index contributed by atoms with van der Waals surface area (Å²) in [7, 11) is 0. The molecule has 0 fully saturated rings. The quantitative estimate of drug-likeness (QED) is 0.338. The van der Waals surface area contributed by atoms with Gasteiger partial charge in [-0.05, 0) is 24.6 Å². The van der Waals surface area contributed by atoms with Crippen LogP contribution in [-0.4, -0.2) is 21.9 Å². The highest BCUT2D eigenvalue weighted by Gasteiger charge is 2.13. The fourth-order valence-corrected chi connectivity index (χ4v) is 1.66. The Morgan fingerprint density at radius 3 is 2.70 bits per heavy atom. The first-order valence-corrected chi connectivity index (χ1v) is 5.87. The van der Waals surface area contributed by atoms with E-state index in [0.717, 1.165) is 5.56 Å². The number of carbonyl (C=O) groups is 1. The Labute approximate surface area is 115 Å². The maximum atomic E-state index is 11.9. The number of carbonyl (C=O) groups excluding carboxylic acids is 1. The number of hydrogen-bond acceptors (Lipinski definition) is 5. The van der Waals surface area contributed by atoms with Gasteiger partial charge in [-0.25, -0.2) is 4.98 Å². The van der Waals surface area contributed by atoms with Crippen LogP contribution in [0.3, 0.4) is 0 Å². The molecule has 2 aromatic rings. The van der Waals surface area contributed by atoms with Crippen molar-refractivity contribution in [3.8, 4) is 0 Å². The topological polar surface area (TPSA) is 114 Å². The summed E-state index contributed by atoms with van der Waals surface area (Å²) in [5.41, 5.74) is 7.44. The van der Waals surface area contributed by atoms with Crippen LogP contribution in [0.1, 0.15) is 21.8 Å². The molecule has 7 nitrogen and oxygen atoms in total. The molecule has 1 aromatic carbocycles. The maximum absolute atomic E-state index is 11.9. The van der Waals surface area contributed by atoms with Crippen molar-refractivity contribution < 1.29 is 14.4 Å². The molecule has 0 atom stereocenters. The van der Waals surface area contributed by atoms with Gasteiger partial charge in [-0.2, -0.15) is 0 Å². The van der Waals surface area contributed by atoms with Crippen LogP contribution in [0.25, 0.3) is 0 Å². The summed E-state index contributed by atoms with van der Waals surface area (Å²) in [4.78, 5) is 15.7.